The molecule has 0 bridgehead atoms. The second-order valence-corrected chi connectivity index (χ2v) is 6.57. The van der Waals surface area contributed by atoms with E-state index in [1.807, 2.05) is 0 Å². The van der Waals surface area contributed by atoms with Gasteiger partial charge in [-0.2, -0.15) is 0 Å². The molecule has 1 aliphatic rings. The number of rotatable bonds is 3. The molecule has 0 amide bonds. The summed E-state index contributed by atoms with van der Waals surface area (Å²) in [5, 5.41) is 0.588. The van der Waals surface area contributed by atoms with Crippen LogP contribution in [0.2, 0.25) is 5.02 Å². The van der Waals surface area contributed by atoms with Crippen LogP contribution in [0.3, 0.4) is 0 Å². The lowest BCUT2D eigenvalue weighted by atomic mass is 9.82. The largest absolute Gasteiger partial charge is 0.457 e. The minimum absolute atomic E-state index is 0.0401. The number of carbonyl (C=O) groups excluding carboxylic acids is 3. The highest BCUT2D eigenvalue weighted by Gasteiger charge is 2.33. The predicted molar refractivity (Wildman–Crippen MR) is 100 cm³/mol. The van der Waals surface area contributed by atoms with E-state index in [2.05, 4.69) is 0 Å². The molecule has 132 valence electrons. The smallest absolute Gasteiger partial charge is 0.339 e. The molecule has 0 fully saturated rings. The monoisotopic (exact) mass is 376 g/mol. The molecule has 4 rings (SSSR count). The summed E-state index contributed by atoms with van der Waals surface area (Å²) >= 11 is 5.84. The summed E-state index contributed by atoms with van der Waals surface area (Å²) in [5.41, 5.74) is 1.83. The number of carbonyl (C=O) groups is 3. The maximum absolute atomic E-state index is 12.9. The van der Waals surface area contributed by atoms with Gasteiger partial charge in [0.15, 0.2) is 11.6 Å². The number of halogens is 1. The van der Waals surface area contributed by atoms with Crippen molar-refractivity contribution in [3.8, 4) is 0 Å². The van der Waals surface area contributed by atoms with Crippen molar-refractivity contribution in [2.24, 2.45) is 0 Å². The van der Waals surface area contributed by atoms with E-state index in [0.717, 1.165) is 5.56 Å². The third-order valence-corrected chi connectivity index (χ3v) is 4.71. The minimum Gasteiger partial charge on any atom is -0.457 e. The van der Waals surface area contributed by atoms with Crippen LogP contribution < -0.4 is 0 Å². The van der Waals surface area contributed by atoms with Crippen LogP contribution in [-0.4, -0.2) is 17.5 Å². The molecule has 5 heteroatoms. The standard InChI is InChI=1S/C22H13ClO4/c23-14-10-8-13(9-11-14)12-27-22(26)18-7-3-6-17-19(18)21(25)16-5-2-1-4-15(16)20(17)24/h1-11H,12H2. The maximum atomic E-state index is 12.9. The lowest BCUT2D eigenvalue weighted by Crippen LogP contribution is -2.24. The van der Waals surface area contributed by atoms with E-state index >= 15 is 0 Å². The number of esters is 1. The van der Waals surface area contributed by atoms with Crippen molar-refractivity contribution in [1.82, 2.24) is 0 Å². The Bertz CT molecular complexity index is 1080. The Morgan fingerprint density at radius 2 is 1.41 bits per heavy atom. The molecule has 3 aromatic rings. The first-order valence-corrected chi connectivity index (χ1v) is 8.67. The summed E-state index contributed by atoms with van der Waals surface area (Å²) in [6.45, 7) is 0.0401. The number of fused-ring (bicyclic) bond motifs is 2. The molecular weight excluding hydrogens is 364 g/mol. The molecule has 1 aliphatic carbocycles. The predicted octanol–water partition coefficient (Wildman–Crippen LogP) is 4.47. The zero-order chi connectivity index (χ0) is 19.0. The Hall–Kier alpha value is -3.24. The molecule has 0 unspecified atom stereocenters. The summed E-state index contributed by atoms with van der Waals surface area (Å²) < 4.78 is 5.35. The van der Waals surface area contributed by atoms with E-state index in [0.29, 0.717) is 16.1 Å². The van der Waals surface area contributed by atoms with Gasteiger partial charge in [-0.25, -0.2) is 4.79 Å². The summed E-state index contributed by atoms with van der Waals surface area (Å²) in [6.07, 6.45) is 0. The zero-order valence-electron chi connectivity index (χ0n) is 14.1. The fourth-order valence-corrected chi connectivity index (χ4v) is 3.25. The number of benzene rings is 3. The van der Waals surface area contributed by atoms with Gasteiger partial charge in [0.2, 0.25) is 0 Å². The third kappa shape index (κ3) is 3.04. The number of hydrogen-bond donors (Lipinski definition) is 0. The first-order chi connectivity index (χ1) is 13.1. The number of hydrogen-bond acceptors (Lipinski definition) is 4. The molecule has 0 atom stereocenters. The van der Waals surface area contributed by atoms with Gasteiger partial charge in [0.25, 0.3) is 0 Å². The van der Waals surface area contributed by atoms with Crippen LogP contribution in [0.5, 0.6) is 0 Å². The highest BCUT2D eigenvalue weighted by atomic mass is 35.5. The topological polar surface area (TPSA) is 60.4 Å². The van der Waals surface area contributed by atoms with Gasteiger partial charge >= 0.3 is 5.97 Å². The van der Waals surface area contributed by atoms with E-state index in [1.54, 1.807) is 60.7 Å². The van der Waals surface area contributed by atoms with Crippen molar-refractivity contribution in [2.75, 3.05) is 0 Å². The maximum Gasteiger partial charge on any atom is 0.339 e. The van der Waals surface area contributed by atoms with E-state index in [-0.39, 0.29) is 34.9 Å². The first kappa shape index (κ1) is 17.2. The molecule has 4 nitrogen and oxygen atoms in total. The van der Waals surface area contributed by atoms with Gasteiger partial charge in [0, 0.05) is 27.3 Å². The molecule has 3 aromatic carbocycles. The molecule has 0 radical (unpaired) electrons. The highest BCUT2D eigenvalue weighted by Crippen LogP contribution is 2.30. The quantitative estimate of drug-likeness (QED) is 0.495. The lowest BCUT2D eigenvalue weighted by Gasteiger charge is -2.19. The van der Waals surface area contributed by atoms with Gasteiger partial charge in [-0.05, 0) is 23.8 Å². The average Bonchev–Trinajstić information content (AvgIpc) is 2.71. The fourth-order valence-electron chi connectivity index (χ4n) is 3.12. The van der Waals surface area contributed by atoms with Gasteiger partial charge in [-0.15, -0.1) is 0 Å². The Kier molecular flexibility index (Phi) is 4.34. The van der Waals surface area contributed by atoms with Gasteiger partial charge < -0.3 is 4.74 Å². The van der Waals surface area contributed by atoms with Crippen molar-refractivity contribution in [3.63, 3.8) is 0 Å². The van der Waals surface area contributed by atoms with Crippen LogP contribution in [0.4, 0.5) is 0 Å². The lowest BCUT2D eigenvalue weighted by molar-refractivity contribution is 0.0470. The second-order valence-electron chi connectivity index (χ2n) is 6.13. The van der Waals surface area contributed by atoms with Crippen LogP contribution in [0, 0.1) is 0 Å². The highest BCUT2D eigenvalue weighted by molar-refractivity contribution is 6.31. The van der Waals surface area contributed by atoms with Crippen molar-refractivity contribution < 1.29 is 19.1 Å². The van der Waals surface area contributed by atoms with Gasteiger partial charge in [0.05, 0.1) is 5.56 Å². The van der Waals surface area contributed by atoms with E-state index in [9.17, 15) is 14.4 Å². The second kappa shape index (κ2) is 6.82. The molecule has 27 heavy (non-hydrogen) atoms. The molecule has 0 aliphatic heterocycles. The fraction of sp³-hybridized carbons (Fsp3) is 0.0455. The van der Waals surface area contributed by atoms with Crippen molar-refractivity contribution in [2.45, 2.75) is 6.61 Å². The number of ketones is 2. The SMILES string of the molecule is O=C(OCc1ccc(Cl)cc1)c1cccc2c1C(=O)c1ccccc1C2=O. The number of ether oxygens (including phenoxy) is 1. The summed E-state index contributed by atoms with van der Waals surface area (Å²) in [6, 6.07) is 18.2. The summed E-state index contributed by atoms with van der Waals surface area (Å²) in [5.74, 6) is -1.27. The normalized spacial score (nSPS) is 12.3. The molecular formula is C22H13ClO4. The zero-order valence-corrected chi connectivity index (χ0v) is 14.8. The first-order valence-electron chi connectivity index (χ1n) is 8.29. The van der Waals surface area contributed by atoms with E-state index in [1.165, 1.54) is 6.07 Å². The Labute approximate surface area is 160 Å². The Balaban J connectivity index is 1.67. The van der Waals surface area contributed by atoms with Crippen LogP contribution in [0.25, 0.3) is 0 Å². The average molecular weight is 377 g/mol. The van der Waals surface area contributed by atoms with Crippen molar-refractivity contribution in [1.29, 1.82) is 0 Å². The molecule has 0 N–H and O–H groups in total. The molecule has 0 spiro atoms. The van der Waals surface area contributed by atoms with Gasteiger partial charge in [-0.1, -0.05) is 60.1 Å². The minimum atomic E-state index is -0.651. The summed E-state index contributed by atoms with van der Waals surface area (Å²) in [7, 11) is 0. The van der Waals surface area contributed by atoms with E-state index in [4.69, 9.17) is 16.3 Å². The van der Waals surface area contributed by atoms with Crippen LogP contribution in [0.15, 0.2) is 66.7 Å². The van der Waals surface area contributed by atoms with Crippen LogP contribution >= 0.6 is 11.6 Å². The van der Waals surface area contributed by atoms with E-state index < -0.39 is 5.97 Å². The Morgan fingerprint density at radius 3 is 2.11 bits per heavy atom. The van der Waals surface area contributed by atoms with Crippen molar-refractivity contribution >= 4 is 29.1 Å². The molecule has 0 aromatic heterocycles. The van der Waals surface area contributed by atoms with Crippen LogP contribution in [0.1, 0.15) is 47.8 Å². The van der Waals surface area contributed by atoms with Gasteiger partial charge in [0.1, 0.15) is 6.61 Å². The van der Waals surface area contributed by atoms with Crippen LogP contribution in [-0.2, 0) is 11.3 Å². The van der Waals surface area contributed by atoms with Gasteiger partial charge in [-0.3, -0.25) is 9.59 Å². The Morgan fingerprint density at radius 1 is 0.778 bits per heavy atom. The third-order valence-electron chi connectivity index (χ3n) is 4.46. The summed E-state index contributed by atoms with van der Waals surface area (Å²) in [4.78, 5) is 38.2. The molecule has 0 heterocycles. The molecule has 0 saturated carbocycles. The van der Waals surface area contributed by atoms with Crippen molar-refractivity contribution in [3.05, 3.63) is 105 Å². The molecule has 0 saturated heterocycles.